The van der Waals surface area contributed by atoms with Gasteiger partial charge in [0.1, 0.15) is 18.4 Å². The summed E-state index contributed by atoms with van der Waals surface area (Å²) in [4.78, 5) is 30.0. The van der Waals surface area contributed by atoms with E-state index in [2.05, 4.69) is 26.3 Å². The monoisotopic (exact) mass is 451 g/mol. The quantitative estimate of drug-likeness (QED) is 0.269. The summed E-state index contributed by atoms with van der Waals surface area (Å²) in [6.07, 6.45) is -0.0752. The molecule has 1 saturated heterocycles. The predicted octanol–water partition coefficient (Wildman–Crippen LogP) is 2.88. The molecule has 1 aromatic heterocycles. The third kappa shape index (κ3) is 6.49. The van der Waals surface area contributed by atoms with Crippen LogP contribution in [0.3, 0.4) is 0 Å². The Balaban J connectivity index is 2.29. The molecule has 0 saturated carbocycles. The van der Waals surface area contributed by atoms with Gasteiger partial charge in [-0.2, -0.15) is 0 Å². The first-order chi connectivity index (χ1) is 15.2. The Labute approximate surface area is 185 Å². The highest BCUT2D eigenvalue weighted by molar-refractivity contribution is 7.44. The van der Waals surface area contributed by atoms with Crippen LogP contribution in [0.15, 0.2) is 15.8 Å². The average Bonchev–Trinajstić information content (AvgIpc) is 3.12. The van der Waals surface area contributed by atoms with Gasteiger partial charge >= 0.3 is 5.69 Å². The zero-order chi connectivity index (χ0) is 23.8. The number of H-pyrrole nitrogens is 1. The molecule has 1 N–H and O–H groups in total. The zero-order valence-corrected chi connectivity index (χ0v) is 19.5. The van der Waals surface area contributed by atoms with Crippen molar-refractivity contribution in [1.82, 2.24) is 14.2 Å². The number of nitrogens with one attached hydrogen (secondary N) is 1. The topological polar surface area (TPSA) is 90.2 Å². The Morgan fingerprint density at radius 2 is 2.16 bits per heavy atom. The highest BCUT2D eigenvalue weighted by atomic mass is 31.2. The zero-order valence-electron chi connectivity index (χ0n) is 19.6. The number of aromatic nitrogens is 2. The van der Waals surface area contributed by atoms with Gasteiger partial charge in [0.25, 0.3) is 14.1 Å². The first-order valence-corrected chi connectivity index (χ1v) is 11.3. The highest BCUT2D eigenvalue weighted by Crippen LogP contribution is 2.49. The Morgan fingerprint density at radius 3 is 2.74 bits per heavy atom. The Bertz CT molecular complexity index is 969. The maximum Gasteiger partial charge on any atom is 0.330 e. The summed E-state index contributed by atoms with van der Waals surface area (Å²) in [5, 5.41) is 0. The second-order valence-electron chi connectivity index (χ2n) is 7.61. The number of aromatic amines is 1. The Kier molecular flexibility index (Phi) is 8.83. The average molecular weight is 451 g/mol. The summed E-state index contributed by atoms with van der Waals surface area (Å²) in [6, 6.07) is 0.275. The normalized spacial score (nSPS) is 22.3. The van der Waals surface area contributed by atoms with E-state index in [0.717, 1.165) is 0 Å². The molecular formula is C21H31N4O5P. The molecule has 1 aromatic rings. The fourth-order valence-electron chi connectivity index (χ4n) is 3.31. The molecule has 4 atom stereocenters. The third-order valence-electron chi connectivity index (χ3n) is 4.60. The molecule has 0 bridgehead atoms. The SMILES string of the molecule is [2H]CC1OC(n2cc(C#CC)c(=O)[nH]c2=O)CC1OP(OCC[N+]#[C-])N(C(C)C)C(C)C. The molecular weight excluding hydrogens is 419 g/mol. The number of hydrogen-bond donors (Lipinski definition) is 1. The van der Waals surface area contributed by atoms with Gasteiger partial charge in [-0.15, -0.1) is 5.92 Å². The molecule has 1 fully saturated rings. The van der Waals surface area contributed by atoms with Crippen LogP contribution >= 0.6 is 8.53 Å². The lowest BCUT2D eigenvalue weighted by molar-refractivity contribution is -0.00873. The van der Waals surface area contributed by atoms with Crippen molar-refractivity contribution in [2.24, 2.45) is 0 Å². The minimum Gasteiger partial charge on any atom is -0.352 e. The molecule has 0 spiro atoms. The lowest BCUT2D eigenvalue weighted by Crippen LogP contribution is -2.35. The first kappa shape index (κ1) is 23.7. The minimum atomic E-state index is -1.51. The molecule has 0 aromatic carbocycles. The second kappa shape index (κ2) is 11.6. The standard InChI is InChI=1S/C21H31N4O5P/c1-8-9-17-13-24(21(27)23-20(17)26)19-12-18(16(6)29-19)30-31(28-11-10-22-7)25(14(2)3)15(4)5/h13-16,18-19H,10-12H2,1-6H3,(H,23,26,27)/i6D. The van der Waals surface area contributed by atoms with Crippen molar-refractivity contribution in [1.29, 1.82) is 0 Å². The number of nitrogens with zero attached hydrogens (tertiary/aromatic N) is 3. The molecule has 0 amide bonds. The highest BCUT2D eigenvalue weighted by Gasteiger charge is 2.39. The van der Waals surface area contributed by atoms with Crippen LogP contribution < -0.4 is 11.2 Å². The van der Waals surface area contributed by atoms with Crippen LogP contribution in [-0.4, -0.2) is 51.7 Å². The summed E-state index contributed by atoms with van der Waals surface area (Å²) in [6.45, 7) is 17.2. The van der Waals surface area contributed by atoms with Crippen LogP contribution in [0.5, 0.6) is 0 Å². The second-order valence-corrected chi connectivity index (χ2v) is 9.02. The van der Waals surface area contributed by atoms with Gasteiger partial charge in [0.05, 0.1) is 12.2 Å². The Hall–Kier alpha value is -2.00. The molecule has 0 radical (unpaired) electrons. The lowest BCUT2D eigenvalue weighted by atomic mass is 10.2. The van der Waals surface area contributed by atoms with Crippen molar-refractivity contribution < 1.29 is 15.2 Å². The molecule has 31 heavy (non-hydrogen) atoms. The van der Waals surface area contributed by atoms with E-state index in [-0.39, 0.29) is 37.7 Å². The van der Waals surface area contributed by atoms with Crippen LogP contribution in [0.4, 0.5) is 0 Å². The number of ether oxygens (including phenoxy) is 1. The van der Waals surface area contributed by atoms with Crippen LogP contribution in [-0.2, 0) is 13.8 Å². The first-order valence-electron chi connectivity index (χ1n) is 10.9. The molecule has 9 nitrogen and oxygen atoms in total. The van der Waals surface area contributed by atoms with Gasteiger partial charge in [-0.3, -0.25) is 14.3 Å². The largest absolute Gasteiger partial charge is 0.352 e. The molecule has 1 aliphatic heterocycles. The van der Waals surface area contributed by atoms with E-state index in [1.54, 1.807) is 6.92 Å². The molecule has 2 heterocycles. The van der Waals surface area contributed by atoms with Crippen molar-refractivity contribution in [2.45, 2.75) is 78.5 Å². The van der Waals surface area contributed by atoms with E-state index < -0.39 is 38.2 Å². The van der Waals surface area contributed by atoms with Gasteiger partial charge in [-0.25, -0.2) is 16.0 Å². The van der Waals surface area contributed by atoms with Crippen LogP contribution in [0.25, 0.3) is 4.85 Å². The van der Waals surface area contributed by atoms with E-state index in [0.29, 0.717) is 6.42 Å². The molecule has 170 valence electrons. The summed E-state index contributed by atoms with van der Waals surface area (Å²) in [5.41, 5.74) is -0.990. The smallest absolute Gasteiger partial charge is 0.330 e. The van der Waals surface area contributed by atoms with Crippen molar-refractivity contribution in [2.75, 3.05) is 13.2 Å². The minimum absolute atomic E-state index is 0.0600. The van der Waals surface area contributed by atoms with Gasteiger partial charge in [-0.05, 0) is 41.5 Å². The summed E-state index contributed by atoms with van der Waals surface area (Å²) >= 11 is 0. The molecule has 0 aliphatic carbocycles. The fourth-order valence-corrected chi connectivity index (χ4v) is 5.06. The van der Waals surface area contributed by atoms with E-state index in [1.807, 2.05) is 27.7 Å². The fraction of sp³-hybridized carbons (Fsp3) is 0.667. The van der Waals surface area contributed by atoms with Gasteiger partial charge in [0, 0.05) is 26.1 Å². The van der Waals surface area contributed by atoms with E-state index >= 15 is 0 Å². The molecule has 4 unspecified atom stereocenters. The summed E-state index contributed by atoms with van der Waals surface area (Å²) < 4.78 is 29.6. The van der Waals surface area contributed by atoms with Crippen molar-refractivity contribution in [3.05, 3.63) is 44.0 Å². The number of rotatable bonds is 9. The van der Waals surface area contributed by atoms with E-state index in [1.165, 1.54) is 10.8 Å². The third-order valence-corrected chi connectivity index (χ3v) is 6.75. The molecule has 10 heteroatoms. The summed E-state index contributed by atoms with van der Waals surface area (Å²) in [5.74, 6) is 5.33. The van der Waals surface area contributed by atoms with Gasteiger partial charge in [0.2, 0.25) is 6.54 Å². The van der Waals surface area contributed by atoms with Crippen molar-refractivity contribution in [3.63, 3.8) is 0 Å². The van der Waals surface area contributed by atoms with Gasteiger partial charge in [0.15, 0.2) is 0 Å². The van der Waals surface area contributed by atoms with E-state index in [9.17, 15) is 9.59 Å². The van der Waals surface area contributed by atoms with Crippen molar-refractivity contribution in [3.8, 4) is 11.8 Å². The maximum absolute atomic E-state index is 12.4. The molecule has 2 rings (SSSR count). The number of hydrogen-bond acceptors (Lipinski definition) is 6. The van der Waals surface area contributed by atoms with E-state index in [4.69, 9.17) is 21.7 Å². The lowest BCUT2D eigenvalue weighted by Gasteiger charge is -2.36. The van der Waals surface area contributed by atoms with Gasteiger partial charge in [-0.1, -0.05) is 5.92 Å². The maximum atomic E-state index is 12.4. The van der Waals surface area contributed by atoms with Crippen LogP contribution in [0.2, 0.25) is 0 Å². The van der Waals surface area contributed by atoms with Crippen LogP contribution in [0, 0.1) is 18.4 Å². The summed E-state index contributed by atoms with van der Waals surface area (Å²) in [7, 11) is -1.51. The predicted molar refractivity (Wildman–Crippen MR) is 119 cm³/mol. The Morgan fingerprint density at radius 1 is 1.45 bits per heavy atom. The van der Waals surface area contributed by atoms with Crippen LogP contribution in [0.1, 0.15) is 61.1 Å². The van der Waals surface area contributed by atoms with Gasteiger partial charge < -0.3 is 18.6 Å². The van der Waals surface area contributed by atoms with Crippen molar-refractivity contribution >= 4 is 8.53 Å². The molecule has 1 aliphatic rings.